The molecule has 0 aromatic heterocycles. The van der Waals surface area contributed by atoms with Crippen LogP contribution >= 0.6 is 24.8 Å². The van der Waals surface area contributed by atoms with Crippen LogP contribution in [0, 0.1) is 34.6 Å². The van der Waals surface area contributed by atoms with E-state index in [2.05, 4.69) is 21.9 Å². The summed E-state index contributed by atoms with van der Waals surface area (Å²) in [4.78, 5) is 2.74. The second-order valence-electron chi connectivity index (χ2n) is 6.44. The lowest BCUT2D eigenvalue weighted by Gasteiger charge is -2.27. The van der Waals surface area contributed by atoms with Gasteiger partial charge in [0, 0.05) is 39.3 Å². The number of rotatable bonds is 5. The maximum absolute atomic E-state index is 12.8. The summed E-state index contributed by atoms with van der Waals surface area (Å²) in [6.45, 7) is 15.0. The Labute approximate surface area is 164 Å². The number of benzene rings is 1. The number of sulfonamides is 1. The molecule has 0 radical (unpaired) electrons. The van der Waals surface area contributed by atoms with E-state index < -0.39 is 10.0 Å². The van der Waals surface area contributed by atoms with Crippen LogP contribution < -0.4 is 10.0 Å². The molecule has 146 valence electrons. The fraction of sp³-hybridized carbons (Fsp3) is 0.647. The van der Waals surface area contributed by atoms with Crippen LogP contribution in [0.2, 0.25) is 0 Å². The van der Waals surface area contributed by atoms with E-state index >= 15 is 0 Å². The third kappa shape index (κ3) is 5.55. The highest BCUT2D eigenvalue weighted by atomic mass is 35.5. The van der Waals surface area contributed by atoms with Crippen molar-refractivity contribution in [1.82, 2.24) is 14.9 Å². The summed E-state index contributed by atoms with van der Waals surface area (Å²) in [5.74, 6) is 0. The molecule has 1 aliphatic rings. The minimum absolute atomic E-state index is 0. The van der Waals surface area contributed by atoms with Crippen molar-refractivity contribution in [2.45, 2.75) is 39.5 Å². The lowest BCUT2D eigenvalue weighted by molar-refractivity contribution is 0.245. The van der Waals surface area contributed by atoms with Gasteiger partial charge in [-0.15, -0.1) is 24.8 Å². The van der Waals surface area contributed by atoms with Gasteiger partial charge in [0.2, 0.25) is 10.0 Å². The van der Waals surface area contributed by atoms with Crippen LogP contribution in [0.1, 0.15) is 27.8 Å². The second-order valence-corrected chi connectivity index (χ2v) is 8.15. The first-order valence-corrected chi connectivity index (χ1v) is 9.73. The van der Waals surface area contributed by atoms with Gasteiger partial charge in [0.25, 0.3) is 0 Å². The molecule has 0 aliphatic carbocycles. The van der Waals surface area contributed by atoms with Crippen molar-refractivity contribution in [2.24, 2.45) is 0 Å². The molecule has 1 saturated heterocycles. The smallest absolute Gasteiger partial charge is 0.241 e. The van der Waals surface area contributed by atoms with Gasteiger partial charge < -0.3 is 5.32 Å². The number of nitrogens with zero attached hydrogens (tertiary/aromatic N) is 1. The maximum atomic E-state index is 12.8. The molecular weight excluding hydrogens is 381 g/mol. The Morgan fingerprint density at radius 2 is 1.32 bits per heavy atom. The van der Waals surface area contributed by atoms with Gasteiger partial charge in [-0.1, -0.05) is 0 Å². The molecule has 0 atom stereocenters. The first kappa shape index (κ1) is 24.6. The van der Waals surface area contributed by atoms with E-state index in [1.54, 1.807) is 0 Å². The Balaban J connectivity index is 0.00000288. The van der Waals surface area contributed by atoms with Crippen molar-refractivity contribution < 1.29 is 8.42 Å². The van der Waals surface area contributed by atoms with Crippen LogP contribution in [0.5, 0.6) is 0 Å². The summed E-state index contributed by atoms with van der Waals surface area (Å²) >= 11 is 0. The number of hydrogen-bond donors (Lipinski definition) is 2. The average molecular weight is 412 g/mol. The molecule has 0 saturated carbocycles. The highest BCUT2D eigenvalue weighted by Gasteiger charge is 2.23. The summed E-state index contributed by atoms with van der Waals surface area (Å²) in [5, 5.41) is 3.30. The van der Waals surface area contributed by atoms with E-state index in [4.69, 9.17) is 0 Å². The molecular formula is C17H31Cl2N3O2S. The highest BCUT2D eigenvalue weighted by molar-refractivity contribution is 7.89. The number of hydrogen-bond acceptors (Lipinski definition) is 4. The first-order chi connectivity index (χ1) is 10.8. The van der Waals surface area contributed by atoms with Crippen LogP contribution in [-0.4, -0.2) is 52.6 Å². The Bertz CT molecular complexity index is 659. The predicted molar refractivity (Wildman–Crippen MR) is 109 cm³/mol. The van der Waals surface area contributed by atoms with Gasteiger partial charge in [-0.05, 0) is 62.4 Å². The summed E-state index contributed by atoms with van der Waals surface area (Å²) in [6.07, 6.45) is 0. The van der Waals surface area contributed by atoms with Gasteiger partial charge in [0.15, 0.2) is 0 Å². The molecule has 0 unspecified atom stereocenters. The molecule has 2 N–H and O–H groups in total. The molecule has 5 nitrogen and oxygen atoms in total. The van der Waals surface area contributed by atoms with E-state index in [9.17, 15) is 8.42 Å². The summed E-state index contributed by atoms with van der Waals surface area (Å²) in [7, 11) is -3.48. The van der Waals surface area contributed by atoms with Crippen molar-refractivity contribution in [1.29, 1.82) is 0 Å². The van der Waals surface area contributed by atoms with Crippen LogP contribution in [0.15, 0.2) is 4.90 Å². The Hall–Kier alpha value is -0.370. The van der Waals surface area contributed by atoms with Gasteiger partial charge in [-0.2, -0.15) is 0 Å². The molecule has 25 heavy (non-hydrogen) atoms. The molecule has 8 heteroatoms. The fourth-order valence-electron chi connectivity index (χ4n) is 3.21. The number of nitrogens with one attached hydrogen (secondary N) is 2. The molecule has 1 aromatic carbocycles. The van der Waals surface area contributed by atoms with Gasteiger partial charge in [0.05, 0.1) is 4.90 Å². The van der Waals surface area contributed by atoms with Crippen molar-refractivity contribution >= 4 is 34.8 Å². The van der Waals surface area contributed by atoms with E-state index in [0.717, 1.165) is 55.0 Å². The standard InChI is InChI=1S/C17H29N3O2S.2ClH/c1-12-13(2)15(4)17(16(5)14(12)3)23(21,22)19-8-11-20-9-6-18-7-10-20;;/h18-19H,6-11H2,1-5H3;2*1H. The summed E-state index contributed by atoms with van der Waals surface area (Å²) in [5.41, 5.74) is 5.03. The quantitative estimate of drug-likeness (QED) is 0.779. The molecule has 1 heterocycles. The minimum atomic E-state index is -3.48. The van der Waals surface area contributed by atoms with E-state index in [0.29, 0.717) is 11.4 Å². The molecule has 1 aliphatic heterocycles. The topological polar surface area (TPSA) is 61.4 Å². The molecule has 0 bridgehead atoms. The largest absolute Gasteiger partial charge is 0.314 e. The zero-order valence-electron chi connectivity index (χ0n) is 15.7. The zero-order valence-corrected chi connectivity index (χ0v) is 18.2. The lowest BCUT2D eigenvalue weighted by atomic mass is 9.95. The molecule has 2 rings (SSSR count). The molecule has 0 amide bonds. The van der Waals surface area contributed by atoms with Gasteiger partial charge in [-0.3, -0.25) is 4.90 Å². The van der Waals surface area contributed by atoms with E-state index in [1.807, 2.05) is 27.7 Å². The Morgan fingerprint density at radius 3 is 1.80 bits per heavy atom. The van der Waals surface area contributed by atoms with Crippen LogP contribution in [0.3, 0.4) is 0 Å². The lowest BCUT2D eigenvalue weighted by Crippen LogP contribution is -2.46. The first-order valence-electron chi connectivity index (χ1n) is 8.25. The van der Waals surface area contributed by atoms with Crippen molar-refractivity contribution in [3.05, 3.63) is 27.8 Å². The minimum Gasteiger partial charge on any atom is -0.314 e. The van der Waals surface area contributed by atoms with Crippen LogP contribution in [0.4, 0.5) is 0 Å². The Morgan fingerprint density at radius 1 is 0.880 bits per heavy atom. The third-order valence-electron chi connectivity index (χ3n) is 5.13. The monoisotopic (exact) mass is 411 g/mol. The highest BCUT2D eigenvalue weighted by Crippen LogP contribution is 2.29. The van der Waals surface area contributed by atoms with Crippen LogP contribution in [-0.2, 0) is 10.0 Å². The molecule has 1 aromatic rings. The average Bonchev–Trinajstić information content (AvgIpc) is 2.52. The predicted octanol–water partition coefficient (Wildman–Crippen LogP) is 2.26. The van der Waals surface area contributed by atoms with Crippen LogP contribution in [0.25, 0.3) is 0 Å². The zero-order chi connectivity index (χ0) is 17.2. The SMILES string of the molecule is Cc1c(C)c(C)c(S(=O)(=O)NCCN2CCNCC2)c(C)c1C.Cl.Cl. The van der Waals surface area contributed by atoms with E-state index in [1.165, 1.54) is 5.56 Å². The second kappa shape index (κ2) is 10.1. The van der Waals surface area contributed by atoms with Crippen molar-refractivity contribution in [2.75, 3.05) is 39.3 Å². The number of piperazine rings is 1. The summed E-state index contributed by atoms with van der Waals surface area (Å²) in [6, 6.07) is 0. The normalized spacial score (nSPS) is 15.4. The van der Waals surface area contributed by atoms with Gasteiger partial charge >= 0.3 is 0 Å². The van der Waals surface area contributed by atoms with Crippen molar-refractivity contribution in [3.8, 4) is 0 Å². The third-order valence-corrected chi connectivity index (χ3v) is 6.86. The molecule has 0 spiro atoms. The summed E-state index contributed by atoms with van der Waals surface area (Å²) < 4.78 is 28.4. The van der Waals surface area contributed by atoms with Crippen molar-refractivity contribution in [3.63, 3.8) is 0 Å². The molecule has 1 fully saturated rings. The number of halogens is 2. The Kier molecular flexibility index (Phi) is 9.94. The van der Waals surface area contributed by atoms with Gasteiger partial charge in [-0.25, -0.2) is 13.1 Å². The van der Waals surface area contributed by atoms with Gasteiger partial charge in [0.1, 0.15) is 0 Å². The maximum Gasteiger partial charge on any atom is 0.241 e. The van der Waals surface area contributed by atoms with E-state index in [-0.39, 0.29) is 24.8 Å². The fourth-order valence-corrected chi connectivity index (χ4v) is 4.83.